The Balaban J connectivity index is 1.79. The van der Waals surface area contributed by atoms with E-state index in [1.54, 1.807) is 0 Å². The molecule has 0 spiro atoms. The minimum atomic E-state index is -2.96. The predicted molar refractivity (Wildman–Crippen MR) is 254 cm³/mol. The van der Waals surface area contributed by atoms with Gasteiger partial charge in [0.25, 0.3) is 16.6 Å². The van der Waals surface area contributed by atoms with E-state index in [0.29, 0.717) is 10.5 Å². The molecule has 56 heavy (non-hydrogen) atoms. The average Bonchev–Trinajstić information content (AvgIpc) is 3.19. The smallest absolute Gasteiger partial charge is 0.261 e. The first kappa shape index (κ1) is 44.8. The molecule has 2 nitrogen and oxygen atoms in total. The third-order valence-electron chi connectivity index (χ3n) is 12.2. The van der Waals surface area contributed by atoms with Crippen molar-refractivity contribution in [3.63, 3.8) is 0 Å². The quantitative estimate of drug-likeness (QED) is 0.0600. The van der Waals surface area contributed by atoms with Crippen molar-refractivity contribution in [2.24, 2.45) is 17.3 Å². The molecule has 4 aromatic rings. The molecule has 1 heterocycles. The normalized spacial score (nSPS) is 17.2. The van der Waals surface area contributed by atoms with Gasteiger partial charge in [-0.2, -0.15) is 0 Å². The van der Waals surface area contributed by atoms with Crippen LogP contribution in [0, 0.1) is 17.3 Å². The van der Waals surface area contributed by atoms with Crippen molar-refractivity contribution in [1.29, 1.82) is 0 Å². The van der Waals surface area contributed by atoms with E-state index >= 15 is 0 Å². The fourth-order valence-corrected chi connectivity index (χ4v) is 22.5. The van der Waals surface area contributed by atoms with Crippen LogP contribution in [0.15, 0.2) is 134 Å². The van der Waals surface area contributed by atoms with Crippen molar-refractivity contribution in [1.82, 2.24) is 0 Å². The van der Waals surface area contributed by atoms with Gasteiger partial charge in [-0.1, -0.05) is 197 Å². The first-order valence-corrected chi connectivity index (χ1v) is 26.9. The number of hydrogen-bond donors (Lipinski definition) is 0. The second kappa shape index (κ2) is 19.2. The Morgan fingerprint density at radius 2 is 1.00 bits per heavy atom. The Morgan fingerprint density at radius 1 is 0.625 bits per heavy atom. The average molecular weight is 823 g/mol. The SMILES string of the molecule is C=CCCC[C@H](C)[C@H](O[Si](c1ccccc1)(c1ccccc1)C(C)(C)C)[C@@H](C)[C@@H](O[Si](c1ccccc1)(c1ccccc1)C(C)(C)C)C(C)(C)C1SCCCS1. The van der Waals surface area contributed by atoms with Crippen molar-refractivity contribution in [2.45, 2.75) is 122 Å². The molecule has 1 aliphatic rings. The van der Waals surface area contributed by atoms with Crippen molar-refractivity contribution in [3.8, 4) is 0 Å². The maximum atomic E-state index is 8.45. The fourth-order valence-electron chi connectivity index (χ4n) is 9.43. The van der Waals surface area contributed by atoms with Crippen molar-refractivity contribution < 1.29 is 8.85 Å². The molecule has 0 amide bonds. The number of unbranched alkanes of at least 4 members (excludes halogenated alkanes) is 1. The highest BCUT2D eigenvalue weighted by molar-refractivity contribution is 8.17. The van der Waals surface area contributed by atoms with Gasteiger partial charge < -0.3 is 8.85 Å². The summed E-state index contributed by atoms with van der Waals surface area (Å²) in [5.41, 5.74) is -0.171. The molecule has 1 aliphatic heterocycles. The molecule has 0 saturated carbocycles. The summed E-state index contributed by atoms with van der Waals surface area (Å²) in [6.45, 7) is 28.6. The fraction of sp³-hybridized carbons (Fsp3) is 0.480. The van der Waals surface area contributed by atoms with Gasteiger partial charge in [0.05, 0.1) is 16.8 Å². The standard InChI is InChI=1S/C50H70O2S2Si2/c1-12-13-18-28-39(2)45(51-55(48(4,5)6,41-29-19-14-20-30-41)42-31-21-15-22-32-42)40(3)46(50(10,11)47-53-37-27-38-54-47)52-56(49(7,8)9,43-33-23-16-24-34-43)44-35-25-17-26-36-44/h12,14-17,19-26,29-36,39-40,45-47H,1,13,18,27-28,37-38H2,2-11H3/t39-,40+,45-,46+/m0/s1. The van der Waals surface area contributed by atoms with Crippen molar-refractivity contribution in [3.05, 3.63) is 134 Å². The van der Waals surface area contributed by atoms with Crippen LogP contribution in [0.2, 0.25) is 10.1 Å². The Hall–Kier alpha value is -2.33. The molecule has 302 valence electrons. The third-order valence-corrected chi connectivity index (χ3v) is 26.0. The van der Waals surface area contributed by atoms with Crippen LogP contribution < -0.4 is 20.7 Å². The Kier molecular flexibility index (Phi) is 15.3. The van der Waals surface area contributed by atoms with Gasteiger partial charge in [-0.15, -0.1) is 30.1 Å². The molecule has 5 rings (SSSR count). The summed E-state index contributed by atoms with van der Waals surface area (Å²) in [6.07, 6.45) is 6.35. The zero-order valence-corrected chi connectivity index (χ0v) is 39.7. The van der Waals surface area contributed by atoms with Crippen LogP contribution in [0.5, 0.6) is 0 Å². The van der Waals surface area contributed by atoms with Gasteiger partial charge in [-0.3, -0.25) is 0 Å². The molecule has 1 saturated heterocycles. The summed E-state index contributed by atoms with van der Waals surface area (Å²) in [4.78, 5) is 0. The molecule has 0 aliphatic carbocycles. The van der Waals surface area contributed by atoms with E-state index in [9.17, 15) is 0 Å². The lowest BCUT2D eigenvalue weighted by Crippen LogP contribution is -2.71. The van der Waals surface area contributed by atoms with Gasteiger partial charge >= 0.3 is 0 Å². The van der Waals surface area contributed by atoms with Crippen LogP contribution in [-0.4, -0.2) is 44.9 Å². The first-order chi connectivity index (χ1) is 26.6. The van der Waals surface area contributed by atoms with Crippen LogP contribution in [-0.2, 0) is 8.85 Å². The molecule has 4 atom stereocenters. The van der Waals surface area contributed by atoms with Gasteiger partial charge in [-0.25, -0.2) is 0 Å². The Bertz CT molecular complexity index is 1690. The number of thioether (sulfide) groups is 2. The van der Waals surface area contributed by atoms with Gasteiger partial charge in [0.1, 0.15) is 0 Å². The number of allylic oxidation sites excluding steroid dienone is 1. The summed E-state index contributed by atoms with van der Waals surface area (Å²) < 4.78 is 17.2. The molecular weight excluding hydrogens is 753 g/mol. The van der Waals surface area contributed by atoms with E-state index in [4.69, 9.17) is 8.85 Å². The summed E-state index contributed by atoms with van der Waals surface area (Å²) >= 11 is 4.29. The molecular formula is C50H70O2S2Si2. The highest BCUT2D eigenvalue weighted by Crippen LogP contribution is 2.51. The lowest BCUT2D eigenvalue weighted by atomic mass is 9.76. The molecule has 1 fully saturated rings. The number of rotatable bonds is 17. The maximum Gasteiger partial charge on any atom is 0.261 e. The molecule has 6 heteroatoms. The van der Waals surface area contributed by atoms with Crippen LogP contribution in [0.25, 0.3) is 0 Å². The third kappa shape index (κ3) is 9.42. The van der Waals surface area contributed by atoms with E-state index < -0.39 is 16.6 Å². The van der Waals surface area contributed by atoms with Crippen LogP contribution in [0.1, 0.15) is 94.9 Å². The first-order valence-electron chi connectivity index (χ1n) is 21.0. The van der Waals surface area contributed by atoms with Crippen molar-refractivity contribution >= 4 is 60.9 Å². The lowest BCUT2D eigenvalue weighted by Gasteiger charge is -2.54. The van der Waals surface area contributed by atoms with E-state index in [0.717, 1.165) is 19.3 Å². The topological polar surface area (TPSA) is 18.5 Å². The summed E-state index contributed by atoms with van der Waals surface area (Å²) in [5, 5.41) is 5.03. The Labute approximate surface area is 352 Å². The maximum absolute atomic E-state index is 8.45. The highest BCUT2D eigenvalue weighted by Gasteiger charge is 2.58. The highest BCUT2D eigenvalue weighted by atomic mass is 32.2. The monoisotopic (exact) mass is 822 g/mol. The second-order valence-corrected chi connectivity index (χ2v) is 30.0. The number of hydrogen-bond acceptors (Lipinski definition) is 4. The molecule has 4 aromatic carbocycles. The predicted octanol–water partition coefficient (Wildman–Crippen LogP) is 11.7. The second-order valence-electron chi connectivity index (χ2n) is 18.8. The summed E-state index contributed by atoms with van der Waals surface area (Å²) in [7, 11) is -5.89. The van der Waals surface area contributed by atoms with Gasteiger partial charge in [0, 0.05) is 11.3 Å². The summed E-state index contributed by atoms with van der Waals surface area (Å²) in [6, 6.07) is 45.0. The Morgan fingerprint density at radius 3 is 1.36 bits per heavy atom. The zero-order valence-electron chi connectivity index (χ0n) is 36.1. The van der Waals surface area contributed by atoms with E-state index in [2.05, 4.69) is 227 Å². The molecule has 0 radical (unpaired) electrons. The van der Waals surface area contributed by atoms with Gasteiger partial charge in [-0.05, 0) is 73.9 Å². The lowest BCUT2D eigenvalue weighted by molar-refractivity contribution is -0.0390. The molecule has 0 bridgehead atoms. The van der Waals surface area contributed by atoms with E-state index in [-0.39, 0.29) is 33.6 Å². The van der Waals surface area contributed by atoms with E-state index in [1.807, 2.05) is 0 Å². The molecule has 0 unspecified atom stereocenters. The summed E-state index contributed by atoms with van der Waals surface area (Å²) in [5.74, 6) is 2.76. The zero-order chi connectivity index (χ0) is 40.6. The largest absolute Gasteiger partial charge is 0.404 e. The number of benzene rings is 4. The minimum absolute atomic E-state index is 0.0628. The van der Waals surface area contributed by atoms with Crippen LogP contribution in [0.3, 0.4) is 0 Å². The van der Waals surface area contributed by atoms with Gasteiger partial charge in [0.15, 0.2) is 0 Å². The molecule has 0 aromatic heterocycles. The van der Waals surface area contributed by atoms with E-state index in [1.165, 1.54) is 38.7 Å². The minimum Gasteiger partial charge on any atom is -0.404 e. The van der Waals surface area contributed by atoms with Gasteiger partial charge in [0.2, 0.25) is 0 Å². The molecule has 0 N–H and O–H groups in total. The van der Waals surface area contributed by atoms with Crippen LogP contribution in [0.4, 0.5) is 0 Å². The van der Waals surface area contributed by atoms with Crippen molar-refractivity contribution in [2.75, 3.05) is 11.5 Å². The van der Waals surface area contributed by atoms with Crippen LogP contribution >= 0.6 is 23.5 Å².